The van der Waals surface area contributed by atoms with E-state index in [0.29, 0.717) is 40.2 Å². The topological polar surface area (TPSA) is 44.2 Å². The third kappa shape index (κ3) is 4.10. The molecule has 0 radical (unpaired) electrons. The predicted octanol–water partition coefficient (Wildman–Crippen LogP) is 6.72. The molecule has 0 fully saturated rings. The van der Waals surface area contributed by atoms with Crippen molar-refractivity contribution in [2.75, 3.05) is 14.2 Å². The van der Waals surface area contributed by atoms with Crippen molar-refractivity contribution in [1.29, 1.82) is 0 Å². The Balaban J connectivity index is 1.90. The Morgan fingerprint density at radius 3 is 2.39 bits per heavy atom. The molecule has 4 nitrogen and oxygen atoms in total. The van der Waals surface area contributed by atoms with Crippen molar-refractivity contribution < 1.29 is 18.3 Å². The molecule has 0 spiro atoms. The molecule has 0 amide bonds. The zero-order valence-electron chi connectivity index (χ0n) is 19.8. The molecule has 1 unspecified atom stereocenters. The third-order valence-electron chi connectivity index (χ3n) is 6.05. The van der Waals surface area contributed by atoms with Crippen LogP contribution in [0.4, 0.5) is 8.78 Å². The lowest BCUT2D eigenvalue weighted by Crippen LogP contribution is -2.16. The van der Waals surface area contributed by atoms with Gasteiger partial charge in [-0.05, 0) is 53.0 Å². The van der Waals surface area contributed by atoms with E-state index in [2.05, 4.69) is 9.97 Å². The zero-order valence-corrected chi connectivity index (χ0v) is 19.8. The van der Waals surface area contributed by atoms with Crippen molar-refractivity contribution >= 4 is 21.7 Å². The second-order valence-corrected chi connectivity index (χ2v) is 9.38. The van der Waals surface area contributed by atoms with Gasteiger partial charge in [-0.25, -0.2) is 18.7 Å². The number of hydrogen-bond donors (Lipinski definition) is 0. The first-order chi connectivity index (χ1) is 15.7. The molecule has 172 valence electrons. The van der Waals surface area contributed by atoms with Crippen LogP contribution in [-0.4, -0.2) is 24.2 Å². The minimum absolute atomic E-state index is 0.267. The highest BCUT2D eigenvalue weighted by Gasteiger charge is 2.26. The monoisotopic (exact) mass is 450 g/mol. The van der Waals surface area contributed by atoms with Gasteiger partial charge in [0, 0.05) is 28.8 Å². The number of aromatic nitrogens is 2. The van der Waals surface area contributed by atoms with Crippen LogP contribution in [0.25, 0.3) is 21.7 Å². The van der Waals surface area contributed by atoms with Crippen molar-refractivity contribution in [3.8, 4) is 11.8 Å². The van der Waals surface area contributed by atoms with Crippen LogP contribution >= 0.6 is 0 Å². The average Bonchev–Trinajstić information content (AvgIpc) is 2.77. The highest BCUT2D eigenvalue weighted by Crippen LogP contribution is 2.39. The molecular weight excluding hydrogens is 422 g/mol. The summed E-state index contributed by atoms with van der Waals surface area (Å²) in [4.78, 5) is 8.86. The molecule has 2 aromatic carbocycles. The Morgan fingerprint density at radius 2 is 1.73 bits per heavy atom. The van der Waals surface area contributed by atoms with Gasteiger partial charge in [0.25, 0.3) is 0 Å². The summed E-state index contributed by atoms with van der Waals surface area (Å²) in [5.74, 6) is -0.127. The molecule has 0 saturated heterocycles. The molecule has 6 heteroatoms. The van der Waals surface area contributed by atoms with E-state index in [4.69, 9.17) is 9.47 Å². The molecule has 2 aromatic heterocycles. The second kappa shape index (κ2) is 8.58. The number of benzene rings is 2. The third-order valence-corrected chi connectivity index (χ3v) is 6.05. The van der Waals surface area contributed by atoms with Gasteiger partial charge in [0.05, 0.1) is 25.1 Å². The van der Waals surface area contributed by atoms with Crippen molar-refractivity contribution in [2.45, 2.75) is 45.4 Å². The first-order valence-electron chi connectivity index (χ1n) is 10.9. The number of rotatable bonds is 5. The lowest BCUT2D eigenvalue weighted by molar-refractivity contribution is 0.399. The van der Waals surface area contributed by atoms with E-state index < -0.39 is 5.41 Å². The van der Waals surface area contributed by atoms with Gasteiger partial charge in [0.15, 0.2) is 0 Å². The summed E-state index contributed by atoms with van der Waals surface area (Å²) in [5, 5.41) is 2.32. The maximum atomic E-state index is 15.4. The first-order valence-corrected chi connectivity index (χ1v) is 10.9. The molecule has 4 aromatic rings. The normalized spacial score (nSPS) is 12.8. The second-order valence-electron chi connectivity index (χ2n) is 9.38. The fourth-order valence-corrected chi connectivity index (χ4v) is 4.61. The van der Waals surface area contributed by atoms with Gasteiger partial charge in [-0.3, -0.25) is 0 Å². The fraction of sp³-hybridized carbons (Fsp3) is 0.333. The number of halogens is 2. The molecule has 0 bridgehead atoms. The summed E-state index contributed by atoms with van der Waals surface area (Å²) in [7, 11) is 3.06. The van der Waals surface area contributed by atoms with Crippen molar-refractivity contribution in [3.05, 3.63) is 70.9 Å². The summed E-state index contributed by atoms with van der Waals surface area (Å²) in [5.41, 5.74) is 1.92. The summed E-state index contributed by atoms with van der Waals surface area (Å²) < 4.78 is 41.3. The van der Waals surface area contributed by atoms with Crippen molar-refractivity contribution in [3.63, 3.8) is 0 Å². The lowest BCUT2D eigenvalue weighted by atomic mass is 9.82. The van der Waals surface area contributed by atoms with Crippen LogP contribution in [0, 0.1) is 11.6 Å². The summed E-state index contributed by atoms with van der Waals surface area (Å²) >= 11 is 0. The number of fused-ring (bicyclic) bond motifs is 2. The van der Waals surface area contributed by atoms with Crippen LogP contribution < -0.4 is 9.47 Å². The molecule has 0 aliphatic carbocycles. The van der Waals surface area contributed by atoms with Crippen molar-refractivity contribution in [1.82, 2.24) is 9.97 Å². The number of methoxy groups -OCH3 is 2. The Bertz CT molecular complexity index is 1350. The van der Waals surface area contributed by atoms with E-state index >= 15 is 8.78 Å². The summed E-state index contributed by atoms with van der Waals surface area (Å²) in [6, 6.07) is 10.2. The summed E-state index contributed by atoms with van der Waals surface area (Å²) in [6.45, 7) is 7.81. The van der Waals surface area contributed by atoms with Gasteiger partial charge in [0.2, 0.25) is 11.8 Å². The van der Waals surface area contributed by atoms with Gasteiger partial charge < -0.3 is 9.47 Å². The Morgan fingerprint density at radius 1 is 0.970 bits per heavy atom. The zero-order chi connectivity index (χ0) is 23.9. The van der Waals surface area contributed by atoms with Gasteiger partial charge >= 0.3 is 0 Å². The molecule has 33 heavy (non-hydrogen) atoms. The van der Waals surface area contributed by atoms with Crippen molar-refractivity contribution in [2.24, 2.45) is 0 Å². The Kier molecular flexibility index (Phi) is 5.95. The molecule has 4 rings (SSSR count). The highest BCUT2D eigenvalue weighted by atomic mass is 19.1. The number of pyridine rings is 2. The predicted molar refractivity (Wildman–Crippen MR) is 127 cm³/mol. The fourth-order valence-electron chi connectivity index (χ4n) is 4.61. The first kappa shape index (κ1) is 22.9. The number of nitrogens with zero attached hydrogens (tertiary/aromatic N) is 2. The molecule has 0 aliphatic rings. The van der Waals surface area contributed by atoms with E-state index in [0.717, 1.165) is 16.3 Å². The van der Waals surface area contributed by atoms with E-state index in [-0.39, 0.29) is 17.6 Å². The van der Waals surface area contributed by atoms with Crippen LogP contribution in [-0.2, 0) is 11.8 Å². The standard InChI is InChI=1S/C27H28F2N2O2/c1-15(22-19(28)9-7-16-11-12-30-26(33-6)23(16)22)13-17-14-20(29)24(27(2,3)4)25-18(17)8-10-21(31-25)32-5/h7-12,14-15H,13H2,1-6H3. The van der Waals surface area contributed by atoms with Gasteiger partial charge in [0.1, 0.15) is 11.6 Å². The molecule has 1 atom stereocenters. The maximum Gasteiger partial charge on any atom is 0.221 e. The van der Waals surface area contributed by atoms with Crippen LogP contribution in [0.3, 0.4) is 0 Å². The van der Waals surface area contributed by atoms with Crippen LogP contribution in [0.1, 0.15) is 50.3 Å². The Labute approximate surface area is 192 Å². The van der Waals surface area contributed by atoms with E-state index in [9.17, 15) is 0 Å². The highest BCUT2D eigenvalue weighted by molar-refractivity contribution is 5.91. The average molecular weight is 451 g/mol. The van der Waals surface area contributed by atoms with E-state index in [1.807, 2.05) is 39.8 Å². The number of ether oxygens (including phenoxy) is 2. The van der Waals surface area contributed by atoms with Crippen LogP contribution in [0.5, 0.6) is 11.8 Å². The SMILES string of the molecule is COc1ccc2c(CC(C)c3c(F)ccc4ccnc(OC)c34)cc(F)c(C(C)(C)C)c2n1. The minimum atomic E-state index is -0.452. The van der Waals surface area contributed by atoms with Gasteiger partial charge in [-0.1, -0.05) is 33.8 Å². The van der Waals surface area contributed by atoms with Gasteiger partial charge in [-0.15, -0.1) is 0 Å². The number of hydrogen-bond acceptors (Lipinski definition) is 4. The van der Waals surface area contributed by atoms with E-state index in [1.165, 1.54) is 20.3 Å². The summed E-state index contributed by atoms with van der Waals surface area (Å²) in [6.07, 6.45) is 2.06. The van der Waals surface area contributed by atoms with Crippen LogP contribution in [0.15, 0.2) is 42.6 Å². The lowest BCUT2D eigenvalue weighted by Gasteiger charge is -2.24. The van der Waals surface area contributed by atoms with E-state index in [1.54, 1.807) is 24.4 Å². The largest absolute Gasteiger partial charge is 0.481 e. The van der Waals surface area contributed by atoms with Crippen LogP contribution in [0.2, 0.25) is 0 Å². The molecule has 0 N–H and O–H groups in total. The minimum Gasteiger partial charge on any atom is -0.481 e. The Hall–Kier alpha value is -3.28. The smallest absolute Gasteiger partial charge is 0.221 e. The molecule has 0 saturated carbocycles. The molecule has 2 heterocycles. The van der Waals surface area contributed by atoms with Gasteiger partial charge in [-0.2, -0.15) is 0 Å². The maximum absolute atomic E-state index is 15.4. The molecule has 0 aliphatic heterocycles. The quantitative estimate of drug-likeness (QED) is 0.338. The molecular formula is C27H28F2N2O2.